The van der Waals surface area contributed by atoms with E-state index in [2.05, 4.69) is 9.98 Å². The fraction of sp³-hybridized carbons (Fsp3) is 0.250. The SMILES string of the molecule is CCOC(=O)C1=C(C)N=c2sc(=Cc3c(C)[nH]c4ccccc34)c(=O)n2[C@H]1c1ccc(OC)cc1OC. The second kappa shape index (κ2) is 9.74. The Bertz CT molecular complexity index is 1740. The first kappa shape index (κ1) is 24.6. The minimum atomic E-state index is -0.776. The predicted octanol–water partition coefficient (Wildman–Crippen LogP) is 3.61. The number of hydrogen-bond donors (Lipinski definition) is 1. The van der Waals surface area contributed by atoms with Crippen molar-refractivity contribution >= 4 is 34.3 Å². The topological polar surface area (TPSA) is 94.9 Å². The number of para-hydroxylation sites is 1. The van der Waals surface area contributed by atoms with Crippen LogP contribution in [0, 0.1) is 6.92 Å². The van der Waals surface area contributed by atoms with Crippen molar-refractivity contribution in [1.29, 1.82) is 0 Å². The zero-order chi connectivity index (χ0) is 26.3. The largest absolute Gasteiger partial charge is 0.497 e. The van der Waals surface area contributed by atoms with Crippen LogP contribution in [0.15, 0.2) is 63.5 Å². The molecule has 1 atom stereocenters. The van der Waals surface area contributed by atoms with Crippen molar-refractivity contribution in [2.24, 2.45) is 4.99 Å². The van der Waals surface area contributed by atoms with E-state index in [9.17, 15) is 9.59 Å². The molecule has 5 rings (SSSR count). The Kier molecular flexibility index (Phi) is 6.47. The van der Waals surface area contributed by atoms with Crippen molar-refractivity contribution in [3.05, 3.63) is 90.2 Å². The van der Waals surface area contributed by atoms with Crippen LogP contribution in [-0.4, -0.2) is 36.3 Å². The molecule has 0 bridgehead atoms. The summed E-state index contributed by atoms with van der Waals surface area (Å²) in [6.07, 6.45) is 1.89. The monoisotopic (exact) mass is 517 g/mol. The van der Waals surface area contributed by atoms with E-state index in [4.69, 9.17) is 14.2 Å². The number of allylic oxidation sites excluding steroid dienone is 1. The molecule has 1 aliphatic rings. The number of hydrogen-bond acceptors (Lipinski definition) is 7. The molecule has 0 spiro atoms. The molecule has 0 saturated heterocycles. The molecule has 2 aromatic heterocycles. The Morgan fingerprint density at radius 1 is 1.16 bits per heavy atom. The number of carbonyl (C=O) groups is 1. The average Bonchev–Trinajstić information content (AvgIpc) is 3.38. The molecule has 1 N–H and O–H groups in total. The number of H-pyrrole nitrogens is 1. The average molecular weight is 518 g/mol. The maximum Gasteiger partial charge on any atom is 0.338 e. The molecule has 8 nitrogen and oxygen atoms in total. The lowest BCUT2D eigenvalue weighted by atomic mass is 9.95. The minimum absolute atomic E-state index is 0.201. The summed E-state index contributed by atoms with van der Waals surface area (Å²) in [4.78, 5) is 35.7. The lowest BCUT2D eigenvalue weighted by Crippen LogP contribution is -2.40. The van der Waals surface area contributed by atoms with Crippen LogP contribution < -0.4 is 24.4 Å². The number of aromatic amines is 1. The molecular formula is C28H27N3O5S. The van der Waals surface area contributed by atoms with Crippen LogP contribution in [0.3, 0.4) is 0 Å². The molecule has 190 valence electrons. The van der Waals surface area contributed by atoms with Gasteiger partial charge in [-0.2, -0.15) is 0 Å². The molecule has 0 unspecified atom stereocenters. The molecule has 0 radical (unpaired) electrons. The number of carbonyl (C=O) groups excluding carboxylic acids is 1. The molecule has 0 amide bonds. The Hall–Kier alpha value is -4.11. The van der Waals surface area contributed by atoms with Gasteiger partial charge in [0.2, 0.25) is 0 Å². The zero-order valence-corrected chi connectivity index (χ0v) is 22.1. The van der Waals surface area contributed by atoms with E-state index in [1.165, 1.54) is 11.3 Å². The van der Waals surface area contributed by atoms with Gasteiger partial charge in [-0.05, 0) is 45.0 Å². The summed E-state index contributed by atoms with van der Waals surface area (Å²) in [5.41, 5.74) is 4.09. The summed E-state index contributed by atoms with van der Waals surface area (Å²) >= 11 is 1.29. The van der Waals surface area contributed by atoms with Gasteiger partial charge in [0.15, 0.2) is 4.80 Å². The van der Waals surface area contributed by atoms with Crippen molar-refractivity contribution in [3.8, 4) is 11.5 Å². The van der Waals surface area contributed by atoms with Crippen molar-refractivity contribution in [2.45, 2.75) is 26.8 Å². The fourth-order valence-corrected chi connectivity index (χ4v) is 5.77. The van der Waals surface area contributed by atoms with Crippen LogP contribution in [0.5, 0.6) is 11.5 Å². The highest BCUT2D eigenvalue weighted by Gasteiger charge is 2.35. The Morgan fingerprint density at radius 3 is 2.68 bits per heavy atom. The van der Waals surface area contributed by atoms with Crippen molar-refractivity contribution in [2.75, 3.05) is 20.8 Å². The first-order valence-electron chi connectivity index (χ1n) is 11.9. The number of esters is 1. The molecule has 3 heterocycles. The predicted molar refractivity (Wildman–Crippen MR) is 143 cm³/mol. The van der Waals surface area contributed by atoms with Crippen LogP contribution in [0.4, 0.5) is 0 Å². The first-order valence-corrected chi connectivity index (χ1v) is 12.7. The molecule has 1 aliphatic heterocycles. The number of methoxy groups -OCH3 is 2. The summed E-state index contributed by atoms with van der Waals surface area (Å²) < 4.78 is 18.5. The van der Waals surface area contributed by atoms with E-state index in [0.29, 0.717) is 37.7 Å². The third kappa shape index (κ3) is 4.15. The van der Waals surface area contributed by atoms with Gasteiger partial charge in [0.05, 0.1) is 36.6 Å². The standard InChI is InChI=1S/C28H27N3O5S/c1-6-36-27(33)24-16(3)30-28-31(25(24)19-12-11-17(34-4)13-22(19)35-5)26(32)23(37-28)14-20-15(2)29-21-10-8-7-9-18(20)21/h7-14,25,29H,6H2,1-5H3/t25-/m0/s1. The number of aryl methyl sites for hydroxylation is 1. The minimum Gasteiger partial charge on any atom is -0.497 e. The molecule has 0 aliphatic carbocycles. The molecular weight excluding hydrogens is 490 g/mol. The second-order valence-corrected chi connectivity index (χ2v) is 9.63. The van der Waals surface area contributed by atoms with Gasteiger partial charge in [0.1, 0.15) is 17.5 Å². The van der Waals surface area contributed by atoms with Crippen LogP contribution in [0.25, 0.3) is 17.0 Å². The highest BCUT2D eigenvalue weighted by atomic mass is 32.1. The first-order chi connectivity index (χ1) is 17.9. The van der Waals surface area contributed by atoms with E-state index in [0.717, 1.165) is 22.2 Å². The van der Waals surface area contributed by atoms with Crippen LogP contribution >= 0.6 is 11.3 Å². The zero-order valence-electron chi connectivity index (χ0n) is 21.2. The Balaban J connectivity index is 1.78. The van der Waals surface area contributed by atoms with E-state index >= 15 is 0 Å². The van der Waals surface area contributed by atoms with Gasteiger partial charge < -0.3 is 19.2 Å². The van der Waals surface area contributed by atoms with Gasteiger partial charge in [0.25, 0.3) is 5.56 Å². The van der Waals surface area contributed by atoms with Crippen molar-refractivity contribution in [1.82, 2.24) is 9.55 Å². The quantitative estimate of drug-likeness (QED) is 0.395. The van der Waals surface area contributed by atoms with Crippen molar-refractivity contribution in [3.63, 3.8) is 0 Å². The summed E-state index contributed by atoms with van der Waals surface area (Å²) in [7, 11) is 3.11. The Morgan fingerprint density at radius 2 is 1.95 bits per heavy atom. The molecule has 2 aromatic carbocycles. The van der Waals surface area contributed by atoms with Gasteiger partial charge in [-0.3, -0.25) is 9.36 Å². The van der Waals surface area contributed by atoms with Gasteiger partial charge >= 0.3 is 5.97 Å². The summed E-state index contributed by atoms with van der Waals surface area (Å²) in [6.45, 7) is 5.69. The van der Waals surface area contributed by atoms with Gasteiger partial charge in [-0.15, -0.1) is 0 Å². The van der Waals surface area contributed by atoms with Crippen LogP contribution in [0.1, 0.15) is 36.7 Å². The van der Waals surface area contributed by atoms with E-state index in [1.54, 1.807) is 50.8 Å². The van der Waals surface area contributed by atoms with Crippen LogP contribution in [0.2, 0.25) is 0 Å². The smallest absolute Gasteiger partial charge is 0.338 e. The highest BCUT2D eigenvalue weighted by Crippen LogP contribution is 2.37. The van der Waals surface area contributed by atoms with E-state index in [-0.39, 0.29) is 12.2 Å². The van der Waals surface area contributed by atoms with Crippen LogP contribution in [-0.2, 0) is 9.53 Å². The maximum absolute atomic E-state index is 14.0. The molecule has 0 saturated carbocycles. The summed E-state index contributed by atoms with van der Waals surface area (Å²) in [5, 5.41) is 1.03. The molecule has 0 fully saturated rings. The number of benzene rings is 2. The maximum atomic E-state index is 14.0. The normalized spacial score (nSPS) is 15.5. The molecule has 4 aromatic rings. The van der Waals surface area contributed by atoms with Gasteiger partial charge in [-0.25, -0.2) is 9.79 Å². The summed E-state index contributed by atoms with van der Waals surface area (Å²) in [6, 6.07) is 12.5. The highest BCUT2D eigenvalue weighted by molar-refractivity contribution is 7.07. The third-order valence-electron chi connectivity index (χ3n) is 6.47. The number of nitrogens with one attached hydrogen (secondary N) is 1. The lowest BCUT2D eigenvalue weighted by molar-refractivity contribution is -0.139. The number of rotatable bonds is 6. The number of fused-ring (bicyclic) bond motifs is 2. The number of nitrogens with zero attached hydrogens (tertiary/aromatic N) is 2. The number of thiazole rings is 1. The van der Waals surface area contributed by atoms with E-state index < -0.39 is 12.0 Å². The molecule has 9 heteroatoms. The lowest BCUT2D eigenvalue weighted by Gasteiger charge is -2.26. The number of ether oxygens (including phenoxy) is 3. The second-order valence-electron chi connectivity index (χ2n) is 8.62. The van der Waals surface area contributed by atoms with Crippen molar-refractivity contribution < 1.29 is 19.0 Å². The fourth-order valence-electron chi connectivity index (χ4n) is 4.75. The summed E-state index contributed by atoms with van der Waals surface area (Å²) in [5.74, 6) is 0.567. The molecule has 37 heavy (non-hydrogen) atoms. The van der Waals surface area contributed by atoms with Gasteiger partial charge in [-0.1, -0.05) is 29.5 Å². The van der Waals surface area contributed by atoms with E-state index in [1.807, 2.05) is 37.3 Å². The van der Waals surface area contributed by atoms with Gasteiger partial charge in [0, 0.05) is 33.8 Å². The number of aromatic nitrogens is 2. The Labute approximate surface area is 217 Å². The third-order valence-corrected chi connectivity index (χ3v) is 7.45.